The zero-order chi connectivity index (χ0) is 22.6. The molecule has 160 valence electrons. The molecule has 0 bridgehead atoms. The van der Waals surface area contributed by atoms with E-state index in [4.69, 9.17) is 4.74 Å². The fourth-order valence-electron chi connectivity index (χ4n) is 2.79. The summed E-state index contributed by atoms with van der Waals surface area (Å²) in [5.74, 6) is -0.454. The third-order valence-electron chi connectivity index (χ3n) is 4.53. The predicted molar refractivity (Wildman–Crippen MR) is 119 cm³/mol. The average molecular weight is 439 g/mol. The molecule has 0 atom stereocenters. The highest BCUT2D eigenvalue weighted by Crippen LogP contribution is 2.23. The fourth-order valence-corrected chi connectivity index (χ4v) is 3.99. The lowest BCUT2D eigenvalue weighted by Crippen LogP contribution is -2.26. The lowest BCUT2D eigenvalue weighted by molar-refractivity contribution is -0.114. The Kier molecular flexibility index (Phi) is 6.41. The highest BCUT2D eigenvalue weighted by atomic mass is 32.2. The summed E-state index contributed by atoms with van der Waals surface area (Å²) in [7, 11) is -2.26. The summed E-state index contributed by atoms with van der Waals surface area (Å²) in [6, 6.07) is 19.1. The van der Waals surface area contributed by atoms with Crippen molar-refractivity contribution in [3.8, 4) is 5.75 Å². The molecule has 0 radical (unpaired) electrons. The Hall–Kier alpha value is -3.65. The number of aryl methyl sites for hydroxylation is 1. The summed E-state index contributed by atoms with van der Waals surface area (Å²) in [6.45, 7) is 3.29. The van der Waals surface area contributed by atoms with Gasteiger partial charge in [-0.05, 0) is 67.6 Å². The van der Waals surface area contributed by atoms with Crippen LogP contribution in [0.5, 0.6) is 5.75 Å². The molecule has 31 heavy (non-hydrogen) atoms. The number of hydrogen-bond acceptors (Lipinski definition) is 5. The van der Waals surface area contributed by atoms with Crippen LogP contribution in [0.3, 0.4) is 0 Å². The van der Waals surface area contributed by atoms with Crippen molar-refractivity contribution in [2.45, 2.75) is 18.7 Å². The van der Waals surface area contributed by atoms with Gasteiger partial charge in [-0.25, -0.2) is 13.2 Å². The van der Waals surface area contributed by atoms with E-state index in [1.165, 1.54) is 26.1 Å². The van der Waals surface area contributed by atoms with Crippen molar-refractivity contribution in [1.82, 2.24) is 0 Å². The molecule has 0 heterocycles. The first-order valence-electron chi connectivity index (χ1n) is 9.42. The van der Waals surface area contributed by atoms with E-state index < -0.39 is 16.0 Å². The predicted octanol–water partition coefficient (Wildman–Crippen LogP) is 4.00. The van der Waals surface area contributed by atoms with Gasteiger partial charge in [-0.1, -0.05) is 17.7 Å². The Morgan fingerprint density at radius 2 is 1.45 bits per heavy atom. The van der Waals surface area contributed by atoms with Gasteiger partial charge in [0.1, 0.15) is 5.75 Å². The Bertz CT molecular complexity index is 1190. The van der Waals surface area contributed by atoms with Gasteiger partial charge in [-0.2, -0.15) is 0 Å². The number of anilines is 2. The molecule has 3 aromatic rings. The van der Waals surface area contributed by atoms with Gasteiger partial charge in [0.2, 0.25) is 5.91 Å². The lowest BCUT2D eigenvalue weighted by atomic mass is 10.2. The smallest absolute Gasteiger partial charge is 0.343 e. The largest absolute Gasteiger partial charge is 0.423 e. The molecular formula is C23H22N2O5S. The Labute approximate surface area is 181 Å². The number of carbonyl (C=O) groups excluding carboxylic acids is 2. The van der Waals surface area contributed by atoms with E-state index in [0.717, 1.165) is 9.87 Å². The normalized spacial score (nSPS) is 10.9. The monoisotopic (exact) mass is 438 g/mol. The fraction of sp³-hybridized carbons (Fsp3) is 0.130. The average Bonchev–Trinajstić information content (AvgIpc) is 2.74. The first-order chi connectivity index (χ1) is 14.7. The van der Waals surface area contributed by atoms with Crippen LogP contribution in [0.2, 0.25) is 0 Å². The number of hydrogen-bond donors (Lipinski definition) is 1. The van der Waals surface area contributed by atoms with Crippen LogP contribution in [0, 0.1) is 6.92 Å². The first-order valence-corrected chi connectivity index (χ1v) is 10.9. The number of carbonyl (C=O) groups is 2. The molecule has 0 aromatic heterocycles. The molecule has 8 heteroatoms. The number of ether oxygens (including phenoxy) is 1. The van der Waals surface area contributed by atoms with E-state index in [2.05, 4.69) is 5.32 Å². The molecule has 0 unspecified atom stereocenters. The second kappa shape index (κ2) is 9.01. The lowest BCUT2D eigenvalue weighted by Gasteiger charge is -2.19. The standard InChI is InChI=1S/C23H22N2O5S/c1-16-4-14-22(15-5-16)31(28,29)25(3)20-10-6-18(7-11-20)23(27)30-21-12-8-19(9-13-21)24-17(2)26/h4-15H,1-3H3,(H,24,26). The first kappa shape index (κ1) is 22.0. The molecule has 0 fully saturated rings. The van der Waals surface area contributed by atoms with Gasteiger partial charge in [0.05, 0.1) is 16.1 Å². The van der Waals surface area contributed by atoms with Gasteiger partial charge in [-0.3, -0.25) is 9.10 Å². The van der Waals surface area contributed by atoms with E-state index in [1.807, 2.05) is 6.92 Å². The minimum Gasteiger partial charge on any atom is -0.423 e. The van der Waals surface area contributed by atoms with Crippen LogP contribution >= 0.6 is 0 Å². The summed E-state index contributed by atoms with van der Waals surface area (Å²) in [4.78, 5) is 23.6. The minimum atomic E-state index is -3.72. The van der Waals surface area contributed by atoms with Gasteiger partial charge in [0, 0.05) is 19.7 Å². The van der Waals surface area contributed by atoms with Crippen LogP contribution in [-0.2, 0) is 14.8 Å². The third-order valence-corrected chi connectivity index (χ3v) is 6.33. The van der Waals surface area contributed by atoms with E-state index in [-0.39, 0.29) is 16.4 Å². The number of nitrogens with zero attached hydrogens (tertiary/aromatic N) is 1. The Morgan fingerprint density at radius 3 is 2.00 bits per heavy atom. The topological polar surface area (TPSA) is 92.8 Å². The minimum absolute atomic E-state index is 0.187. The second-order valence-corrected chi connectivity index (χ2v) is 8.90. The highest BCUT2D eigenvalue weighted by Gasteiger charge is 2.21. The molecular weight excluding hydrogens is 416 g/mol. The summed E-state index contributed by atoms with van der Waals surface area (Å²) in [5.41, 5.74) is 2.25. The summed E-state index contributed by atoms with van der Waals surface area (Å²) in [5, 5.41) is 2.63. The third kappa shape index (κ3) is 5.29. The van der Waals surface area contributed by atoms with E-state index in [9.17, 15) is 18.0 Å². The molecule has 1 N–H and O–H groups in total. The maximum absolute atomic E-state index is 12.8. The van der Waals surface area contributed by atoms with Gasteiger partial charge < -0.3 is 10.1 Å². The number of benzene rings is 3. The second-order valence-electron chi connectivity index (χ2n) is 6.93. The number of nitrogens with one attached hydrogen (secondary N) is 1. The van der Waals surface area contributed by atoms with Crippen LogP contribution in [0.15, 0.2) is 77.7 Å². The van der Waals surface area contributed by atoms with Crippen LogP contribution < -0.4 is 14.4 Å². The number of amides is 1. The molecule has 3 aromatic carbocycles. The molecule has 0 saturated heterocycles. The van der Waals surface area contributed by atoms with E-state index in [0.29, 0.717) is 17.1 Å². The van der Waals surface area contributed by atoms with Gasteiger partial charge in [-0.15, -0.1) is 0 Å². The van der Waals surface area contributed by atoms with Crippen LogP contribution in [0.4, 0.5) is 11.4 Å². The van der Waals surface area contributed by atoms with E-state index in [1.54, 1.807) is 60.7 Å². The molecule has 0 aliphatic rings. The summed E-state index contributed by atoms with van der Waals surface area (Å²) < 4.78 is 32.1. The SMILES string of the molecule is CC(=O)Nc1ccc(OC(=O)c2ccc(N(C)S(=O)(=O)c3ccc(C)cc3)cc2)cc1. The van der Waals surface area contributed by atoms with Gasteiger partial charge in [0.25, 0.3) is 10.0 Å². The van der Waals surface area contributed by atoms with Crippen molar-refractivity contribution in [3.63, 3.8) is 0 Å². The molecule has 7 nitrogen and oxygen atoms in total. The summed E-state index contributed by atoms with van der Waals surface area (Å²) in [6.07, 6.45) is 0. The van der Waals surface area contributed by atoms with Crippen LogP contribution in [0.25, 0.3) is 0 Å². The molecule has 0 aliphatic carbocycles. The Morgan fingerprint density at radius 1 is 0.871 bits per heavy atom. The molecule has 0 aliphatic heterocycles. The zero-order valence-corrected chi connectivity index (χ0v) is 18.1. The molecule has 3 rings (SSSR count). The number of sulfonamides is 1. The van der Waals surface area contributed by atoms with Crippen LogP contribution in [0.1, 0.15) is 22.8 Å². The number of rotatable bonds is 6. The van der Waals surface area contributed by atoms with Crippen LogP contribution in [-0.4, -0.2) is 27.3 Å². The van der Waals surface area contributed by atoms with Crippen molar-refractivity contribution in [1.29, 1.82) is 0 Å². The van der Waals surface area contributed by atoms with Crippen molar-refractivity contribution in [2.75, 3.05) is 16.7 Å². The molecule has 0 spiro atoms. The Balaban J connectivity index is 1.71. The maximum Gasteiger partial charge on any atom is 0.343 e. The van der Waals surface area contributed by atoms with E-state index >= 15 is 0 Å². The van der Waals surface area contributed by atoms with Crippen molar-refractivity contribution in [3.05, 3.63) is 83.9 Å². The van der Waals surface area contributed by atoms with Gasteiger partial charge >= 0.3 is 5.97 Å². The van der Waals surface area contributed by atoms with Crippen molar-refractivity contribution >= 4 is 33.3 Å². The molecule has 0 saturated carbocycles. The van der Waals surface area contributed by atoms with Crippen molar-refractivity contribution < 1.29 is 22.7 Å². The summed E-state index contributed by atoms with van der Waals surface area (Å²) >= 11 is 0. The quantitative estimate of drug-likeness (QED) is 0.464. The van der Waals surface area contributed by atoms with Crippen molar-refractivity contribution in [2.24, 2.45) is 0 Å². The zero-order valence-electron chi connectivity index (χ0n) is 17.3. The molecule has 1 amide bonds. The maximum atomic E-state index is 12.8. The highest BCUT2D eigenvalue weighted by molar-refractivity contribution is 7.92. The van der Waals surface area contributed by atoms with Gasteiger partial charge in [0.15, 0.2) is 0 Å². The number of esters is 1.